The second-order valence-electron chi connectivity index (χ2n) is 4.37. The van der Waals surface area contributed by atoms with E-state index in [1.807, 2.05) is 13.8 Å². The highest BCUT2D eigenvalue weighted by molar-refractivity contribution is 6.04. The Morgan fingerprint density at radius 3 is 2.50 bits per heavy atom. The highest BCUT2D eigenvalue weighted by atomic mass is 16.5. The third kappa shape index (κ3) is 3.12. The molecular weight excluding hydrogens is 234 g/mol. The number of H-pyrrole nitrogens is 1. The maximum atomic E-state index is 11.8. The normalized spacial score (nSPS) is 10.5. The van der Waals surface area contributed by atoms with Crippen molar-refractivity contribution in [3.05, 3.63) is 23.0 Å². The lowest BCUT2D eigenvalue weighted by Crippen LogP contribution is -2.13. The van der Waals surface area contributed by atoms with Crippen molar-refractivity contribution < 1.29 is 19.1 Å². The monoisotopic (exact) mass is 253 g/mol. The predicted octanol–water partition coefficient (Wildman–Crippen LogP) is 2.18. The summed E-state index contributed by atoms with van der Waals surface area (Å²) < 4.78 is 9.63. The van der Waals surface area contributed by atoms with Crippen LogP contribution in [0.15, 0.2) is 6.20 Å². The van der Waals surface area contributed by atoms with E-state index < -0.39 is 11.9 Å². The molecule has 1 aromatic rings. The van der Waals surface area contributed by atoms with Crippen LogP contribution < -0.4 is 0 Å². The Morgan fingerprint density at radius 1 is 1.33 bits per heavy atom. The van der Waals surface area contributed by atoms with Gasteiger partial charge in [0.25, 0.3) is 0 Å². The lowest BCUT2D eigenvalue weighted by atomic mass is 10.0. The molecule has 1 aromatic heterocycles. The van der Waals surface area contributed by atoms with Crippen LogP contribution >= 0.6 is 0 Å². The number of aromatic amines is 1. The quantitative estimate of drug-likeness (QED) is 0.816. The van der Waals surface area contributed by atoms with Crippen molar-refractivity contribution in [3.63, 3.8) is 0 Å². The molecule has 0 aliphatic rings. The Balaban J connectivity index is 3.14. The van der Waals surface area contributed by atoms with Crippen LogP contribution in [0.1, 0.15) is 47.2 Å². The number of nitrogens with one attached hydrogen (secondary N) is 1. The molecule has 0 unspecified atom stereocenters. The minimum Gasteiger partial charge on any atom is -0.465 e. The first-order valence-corrected chi connectivity index (χ1v) is 5.96. The molecule has 0 atom stereocenters. The molecule has 0 fully saturated rings. The van der Waals surface area contributed by atoms with Gasteiger partial charge >= 0.3 is 11.9 Å². The average molecular weight is 253 g/mol. The number of aromatic nitrogens is 1. The van der Waals surface area contributed by atoms with E-state index >= 15 is 0 Å². The Bertz CT molecular complexity index is 434. The molecule has 0 amide bonds. The van der Waals surface area contributed by atoms with Gasteiger partial charge in [-0.15, -0.1) is 0 Å². The molecule has 0 spiro atoms. The fraction of sp³-hybridized carbons (Fsp3) is 0.538. The number of carbonyl (C=O) groups is 2. The van der Waals surface area contributed by atoms with Gasteiger partial charge in [0.15, 0.2) is 0 Å². The SMILES string of the molecule is CCOC(=O)c1c[nH]c(CC(C)C)c1C(=O)OC. The van der Waals surface area contributed by atoms with Crippen molar-refractivity contribution >= 4 is 11.9 Å². The molecule has 5 heteroatoms. The molecule has 0 saturated carbocycles. The van der Waals surface area contributed by atoms with Crippen LogP contribution in [0.3, 0.4) is 0 Å². The van der Waals surface area contributed by atoms with E-state index in [-0.39, 0.29) is 17.7 Å². The number of hydrogen-bond acceptors (Lipinski definition) is 4. The molecule has 1 rings (SSSR count). The van der Waals surface area contributed by atoms with Gasteiger partial charge in [0.2, 0.25) is 0 Å². The summed E-state index contributed by atoms with van der Waals surface area (Å²) >= 11 is 0. The Labute approximate surface area is 106 Å². The minimum atomic E-state index is -0.519. The van der Waals surface area contributed by atoms with Gasteiger partial charge in [-0.3, -0.25) is 0 Å². The zero-order valence-corrected chi connectivity index (χ0v) is 11.2. The number of esters is 2. The van der Waals surface area contributed by atoms with Crippen LogP contribution in [-0.4, -0.2) is 30.6 Å². The number of hydrogen-bond donors (Lipinski definition) is 1. The summed E-state index contributed by atoms with van der Waals surface area (Å²) in [5.41, 5.74) is 1.23. The lowest BCUT2D eigenvalue weighted by Gasteiger charge is -2.07. The van der Waals surface area contributed by atoms with E-state index in [2.05, 4.69) is 4.98 Å². The number of carbonyl (C=O) groups excluding carboxylic acids is 2. The van der Waals surface area contributed by atoms with Crippen LogP contribution in [0.2, 0.25) is 0 Å². The molecule has 0 aliphatic carbocycles. The molecule has 5 nitrogen and oxygen atoms in total. The van der Waals surface area contributed by atoms with Crippen molar-refractivity contribution in [1.82, 2.24) is 4.98 Å². The van der Waals surface area contributed by atoms with Crippen molar-refractivity contribution in [3.8, 4) is 0 Å². The summed E-state index contributed by atoms with van der Waals surface area (Å²) in [5, 5.41) is 0. The summed E-state index contributed by atoms with van der Waals surface area (Å²) in [6, 6.07) is 0. The fourth-order valence-electron chi connectivity index (χ4n) is 1.74. The van der Waals surface area contributed by atoms with Crippen molar-refractivity contribution in [2.45, 2.75) is 27.2 Å². The van der Waals surface area contributed by atoms with Crippen molar-refractivity contribution in [1.29, 1.82) is 0 Å². The summed E-state index contributed by atoms with van der Waals surface area (Å²) in [4.78, 5) is 26.4. The summed E-state index contributed by atoms with van der Waals surface area (Å²) in [7, 11) is 1.30. The van der Waals surface area contributed by atoms with Gasteiger partial charge in [-0.05, 0) is 19.3 Å². The van der Waals surface area contributed by atoms with Gasteiger partial charge in [0.05, 0.1) is 24.8 Å². The molecule has 0 aromatic carbocycles. The zero-order chi connectivity index (χ0) is 13.7. The Kier molecular flexibility index (Phi) is 4.95. The third-order valence-corrected chi connectivity index (χ3v) is 2.46. The molecule has 18 heavy (non-hydrogen) atoms. The molecule has 0 saturated heterocycles. The number of rotatable bonds is 5. The van der Waals surface area contributed by atoms with Crippen LogP contribution in [0.4, 0.5) is 0 Å². The number of ether oxygens (including phenoxy) is 2. The second-order valence-corrected chi connectivity index (χ2v) is 4.37. The highest BCUT2D eigenvalue weighted by Crippen LogP contribution is 2.19. The topological polar surface area (TPSA) is 68.4 Å². The Hall–Kier alpha value is -1.78. The largest absolute Gasteiger partial charge is 0.465 e. The molecule has 1 heterocycles. The number of methoxy groups -OCH3 is 1. The molecule has 0 aliphatic heterocycles. The van der Waals surface area contributed by atoms with Gasteiger partial charge in [0.1, 0.15) is 0 Å². The smallest absolute Gasteiger partial charge is 0.340 e. The second kappa shape index (κ2) is 6.23. The van der Waals surface area contributed by atoms with Crippen LogP contribution in [-0.2, 0) is 15.9 Å². The molecule has 1 N–H and O–H groups in total. The van der Waals surface area contributed by atoms with Gasteiger partial charge < -0.3 is 14.5 Å². The molecule has 0 radical (unpaired) electrons. The first-order valence-electron chi connectivity index (χ1n) is 5.96. The zero-order valence-electron chi connectivity index (χ0n) is 11.2. The van der Waals surface area contributed by atoms with E-state index in [9.17, 15) is 9.59 Å². The predicted molar refractivity (Wildman–Crippen MR) is 66.6 cm³/mol. The summed E-state index contributed by atoms with van der Waals surface area (Å²) in [5.74, 6) is -0.666. The van der Waals surface area contributed by atoms with Gasteiger partial charge in [-0.2, -0.15) is 0 Å². The van der Waals surface area contributed by atoms with Gasteiger partial charge in [0, 0.05) is 11.9 Å². The van der Waals surface area contributed by atoms with E-state index in [1.165, 1.54) is 13.3 Å². The van der Waals surface area contributed by atoms with Gasteiger partial charge in [-0.25, -0.2) is 9.59 Å². The maximum Gasteiger partial charge on any atom is 0.340 e. The lowest BCUT2D eigenvalue weighted by molar-refractivity contribution is 0.0504. The molecule has 100 valence electrons. The van der Waals surface area contributed by atoms with Crippen molar-refractivity contribution in [2.24, 2.45) is 5.92 Å². The van der Waals surface area contributed by atoms with E-state index in [0.717, 1.165) is 0 Å². The summed E-state index contributed by atoms with van der Waals surface area (Å²) in [6.07, 6.45) is 2.17. The van der Waals surface area contributed by atoms with E-state index in [1.54, 1.807) is 6.92 Å². The first-order chi connectivity index (χ1) is 8.51. The maximum absolute atomic E-state index is 11.8. The Morgan fingerprint density at radius 2 is 2.00 bits per heavy atom. The standard InChI is InChI=1S/C13H19NO4/c1-5-18-12(15)9-7-14-10(6-8(2)3)11(9)13(16)17-4/h7-8,14H,5-6H2,1-4H3. The molecular formula is C13H19NO4. The van der Waals surface area contributed by atoms with E-state index in [0.29, 0.717) is 18.0 Å². The average Bonchev–Trinajstić information content (AvgIpc) is 2.71. The minimum absolute atomic E-state index is 0.236. The van der Waals surface area contributed by atoms with E-state index in [4.69, 9.17) is 9.47 Å². The first kappa shape index (κ1) is 14.3. The van der Waals surface area contributed by atoms with Gasteiger partial charge in [-0.1, -0.05) is 13.8 Å². The van der Waals surface area contributed by atoms with Crippen LogP contribution in [0.5, 0.6) is 0 Å². The highest BCUT2D eigenvalue weighted by Gasteiger charge is 2.24. The fourth-order valence-corrected chi connectivity index (χ4v) is 1.74. The summed E-state index contributed by atoms with van der Waals surface area (Å²) in [6.45, 7) is 6.05. The third-order valence-electron chi connectivity index (χ3n) is 2.46. The van der Waals surface area contributed by atoms with Crippen molar-refractivity contribution in [2.75, 3.05) is 13.7 Å². The van der Waals surface area contributed by atoms with Crippen LogP contribution in [0, 0.1) is 5.92 Å². The molecule has 0 bridgehead atoms. The van der Waals surface area contributed by atoms with Crippen LogP contribution in [0.25, 0.3) is 0 Å².